The van der Waals surface area contributed by atoms with Crippen LogP contribution in [0.2, 0.25) is 5.02 Å². The maximum Gasteiger partial charge on any atom is 0.256 e. The van der Waals surface area contributed by atoms with E-state index in [2.05, 4.69) is 15.4 Å². The number of hydrogen-bond donors (Lipinski definition) is 1. The predicted octanol–water partition coefficient (Wildman–Crippen LogP) is 5.26. The molecule has 0 spiro atoms. The lowest BCUT2D eigenvalue weighted by Gasteiger charge is -2.10. The van der Waals surface area contributed by atoms with Crippen LogP contribution in [0.1, 0.15) is 27.3 Å². The van der Waals surface area contributed by atoms with E-state index in [4.69, 9.17) is 16.3 Å². The normalized spacial score (nSPS) is 11.0. The van der Waals surface area contributed by atoms with Crippen LogP contribution in [0.3, 0.4) is 0 Å². The van der Waals surface area contributed by atoms with Crippen LogP contribution < -0.4 is 10.1 Å². The molecule has 0 aliphatic rings. The molecule has 0 aliphatic heterocycles. The molecule has 2 heterocycles. The number of aryl methyl sites for hydroxylation is 2. The topological polar surface area (TPSA) is 69.0 Å². The molecule has 0 bridgehead atoms. The lowest BCUT2D eigenvalue weighted by Crippen LogP contribution is -2.13. The fraction of sp³-hybridized carbons (Fsp3) is 0.174. The Balaban J connectivity index is 1.82. The summed E-state index contributed by atoms with van der Waals surface area (Å²) in [6, 6.07) is 14.6. The number of nitrogens with one attached hydrogen (secondary N) is 1. The number of aromatic nitrogens is 3. The summed E-state index contributed by atoms with van der Waals surface area (Å²) in [6.07, 6.45) is 0. The Bertz CT molecular complexity index is 1260. The van der Waals surface area contributed by atoms with Crippen molar-refractivity contribution >= 4 is 34.2 Å². The summed E-state index contributed by atoms with van der Waals surface area (Å²) in [4.78, 5) is 17.8. The van der Waals surface area contributed by atoms with Gasteiger partial charge in [-0.05, 0) is 68.8 Å². The quantitative estimate of drug-likeness (QED) is 0.489. The van der Waals surface area contributed by atoms with Crippen molar-refractivity contribution in [3.63, 3.8) is 0 Å². The highest BCUT2D eigenvalue weighted by Gasteiger charge is 2.20. The first kappa shape index (κ1) is 19.9. The fourth-order valence-corrected chi connectivity index (χ4v) is 3.63. The van der Waals surface area contributed by atoms with Crippen LogP contribution >= 0.6 is 11.6 Å². The fourth-order valence-electron chi connectivity index (χ4n) is 3.46. The number of methoxy groups -OCH3 is 1. The van der Waals surface area contributed by atoms with E-state index in [0.717, 1.165) is 28.4 Å². The van der Waals surface area contributed by atoms with E-state index in [1.54, 1.807) is 42.1 Å². The number of rotatable bonds is 4. The van der Waals surface area contributed by atoms with Gasteiger partial charge >= 0.3 is 0 Å². The van der Waals surface area contributed by atoms with Crippen molar-refractivity contribution in [1.29, 1.82) is 0 Å². The van der Waals surface area contributed by atoms with E-state index in [0.29, 0.717) is 27.3 Å². The van der Waals surface area contributed by atoms with Crippen LogP contribution in [0.15, 0.2) is 48.5 Å². The number of ether oxygens (including phenoxy) is 1. The number of anilines is 1. The van der Waals surface area contributed by atoms with Crippen LogP contribution in [0, 0.1) is 20.8 Å². The lowest BCUT2D eigenvalue weighted by molar-refractivity contribution is 0.102. The molecular formula is C23H21ClN4O2. The van der Waals surface area contributed by atoms with E-state index in [1.165, 1.54) is 0 Å². The molecule has 2 aromatic carbocycles. The number of nitrogens with zero attached hydrogens (tertiary/aromatic N) is 3. The molecule has 0 atom stereocenters. The Hall–Kier alpha value is -3.38. The summed E-state index contributed by atoms with van der Waals surface area (Å²) >= 11 is 6.31. The highest BCUT2D eigenvalue weighted by atomic mass is 35.5. The summed E-state index contributed by atoms with van der Waals surface area (Å²) in [5, 5.41) is 8.99. The zero-order chi connectivity index (χ0) is 21.4. The Morgan fingerprint density at radius 2 is 1.83 bits per heavy atom. The van der Waals surface area contributed by atoms with Crippen LogP contribution in [-0.4, -0.2) is 27.8 Å². The van der Waals surface area contributed by atoms with E-state index >= 15 is 0 Å². The van der Waals surface area contributed by atoms with Crippen LogP contribution in [0.5, 0.6) is 5.75 Å². The standard InChI is InChI=1S/C23H21ClN4O2/c1-13-12-18(23(29)26-16-8-10-17(30-4)11-9-16)21-15(3)27-28(22(21)25-13)20-7-5-6-19(24)14(20)2/h5-12H,1-4H3,(H,26,29). The van der Waals surface area contributed by atoms with Crippen LogP contribution in [0.4, 0.5) is 5.69 Å². The van der Waals surface area contributed by atoms with Crippen molar-refractivity contribution in [2.24, 2.45) is 0 Å². The molecule has 2 aromatic heterocycles. The molecule has 1 amide bonds. The van der Waals surface area contributed by atoms with Crippen molar-refractivity contribution < 1.29 is 9.53 Å². The predicted molar refractivity (Wildman–Crippen MR) is 119 cm³/mol. The number of carbonyl (C=O) groups excluding carboxylic acids is 1. The molecule has 6 nitrogen and oxygen atoms in total. The van der Waals surface area contributed by atoms with E-state index < -0.39 is 0 Å². The smallest absolute Gasteiger partial charge is 0.256 e. The SMILES string of the molecule is COc1ccc(NC(=O)c2cc(C)nc3c2c(C)nn3-c2cccc(Cl)c2C)cc1. The Morgan fingerprint density at radius 1 is 1.10 bits per heavy atom. The van der Waals surface area contributed by atoms with E-state index in [1.807, 2.05) is 39.0 Å². The maximum atomic E-state index is 13.1. The Labute approximate surface area is 179 Å². The average molecular weight is 421 g/mol. The summed E-state index contributed by atoms with van der Waals surface area (Å²) in [7, 11) is 1.60. The van der Waals surface area contributed by atoms with Crippen LogP contribution in [-0.2, 0) is 0 Å². The maximum absolute atomic E-state index is 13.1. The third-order valence-corrected chi connectivity index (χ3v) is 5.41. The number of benzene rings is 2. The molecule has 1 N–H and O–H groups in total. The van der Waals surface area contributed by atoms with Gasteiger partial charge in [-0.1, -0.05) is 17.7 Å². The zero-order valence-corrected chi connectivity index (χ0v) is 17.9. The molecule has 0 radical (unpaired) electrons. The average Bonchev–Trinajstić information content (AvgIpc) is 3.06. The Kier molecular flexibility index (Phi) is 5.18. The van der Waals surface area contributed by atoms with Crippen molar-refractivity contribution in [3.05, 3.63) is 76.1 Å². The molecular weight excluding hydrogens is 400 g/mol. The monoisotopic (exact) mass is 420 g/mol. The second-order valence-corrected chi connectivity index (χ2v) is 7.48. The number of fused-ring (bicyclic) bond motifs is 1. The molecule has 30 heavy (non-hydrogen) atoms. The number of halogens is 1. The first-order valence-electron chi connectivity index (χ1n) is 9.47. The molecule has 0 saturated carbocycles. The van der Waals surface area contributed by atoms with Gasteiger partial charge in [-0.3, -0.25) is 4.79 Å². The first-order valence-corrected chi connectivity index (χ1v) is 9.84. The molecule has 7 heteroatoms. The van der Waals surface area contributed by atoms with Gasteiger partial charge in [-0.25, -0.2) is 9.67 Å². The number of pyridine rings is 1. The lowest BCUT2D eigenvalue weighted by atomic mass is 10.1. The minimum absolute atomic E-state index is 0.221. The minimum atomic E-state index is -0.221. The number of carbonyl (C=O) groups is 1. The highest BCUT2D eigenvalue weighted by molar-refractivity contribution is 6.31. The van der Waals surface area contributed by atoms with Gasteiger partial charge in [0.2, 0.25) is 0 Å². The van der Waals surface area contributed by atoms with Gasteiger partial charge in [-0.15, -0.1) is 0 Å². The summed E-state index contributed by atoms with van der Waals surface area (Å²) in [6.45, 7) is 5.68. The summed E-state index contributed by atoms with van der Waals surface area (Å²) in [5.41, 5.74) is 5.00. The first-order chi connectivity index (χ1) is 14.4. The second-order valence-electron chi connectivity index (χ2n) is 7.07. The largest absolute Gasteiger partial charge is 0.497 e. The number of amides is 1. The van der Waals surface area contributed by atoms with Crippen molar-refractivity contribution in [2.45, 2.75) is 20.8 Å². The minimum Gasteiger partial charge on any atom is -0.497 e. The van der Waals surface area contributed by atoms with Crippen molar-refractivity contribution in [1.82, 2.24) is 14.8 Å². The van der Waals surface area contributed by atoms with Crippen molar-refractivity contribution in [3.8, 4) is 11.4 Å². The third kappa shape index (κ3) is 3.50. The molecule has 0 unspecified atom stereocenters. The van der Waals surface area contributed by atoms with Crippen LogP contribution in [0.25, 0.3) is 16.7 Å². The van der Waals surface area contributed by atoms with Gasteiger partial charge in [-0.2, -0.15) is 5.10 Å². The van der Waals surface area contributed by atoms with Gasteiger partial charge < -0.3 is 10.1 Å². The summed E-state index contributed by atoms with van der Waals surface area (Å²) in [5.74, 6) is 0.505. The molecule has 4 rings (SSSR count). The van der Waals surface area contributed by atoms with Gasteiger partial charge in [0.05, 0.1) is 29.4 Å². The third-order valence-electron chi connectivity index (χ3n) is 5.00. The highest BCUT2D eigenvalue weighted by Crippen LogP contribution is 2.29. The van der Waals surface area contributed by atoms with Gasteiger partial charge in [0.25, 0.3) is 5.91 Å². The molecule has 4 aromatic rings. The van der Waals surface area contributed by atoms with Gasteiger partial charge in [0.15, 0.2) is 5.65 Å². The Morgan fingerprint density at radius 3 is 2.53 bits per heavy atom. The molecule has 0 saturated heterocycles. The number of hydrogen-bond acceptors (Lipinski definition) is 4. The molecule has 152 valence electrons. The molecule has 0 fully saturated rings. The van der Waals surface area contributed by atoms with Gasteiger partial charge in [0, 0.05) is 16.4 Å². The van der Waals surface area contributed by atoms with E-state index in [9.17, 15) is 4.79 Å². The summed E-state index contributed by atoms with van der Waals surface area (Å²) < 4.78 is 6.92. The van der Waals surface area contributed by atoms with Gasteiger partial charge in [0.1, 0.15) is 5.75 Å². The van der Waals surface area contributed by atoms with E-state index in [-0.39, 0.29) is 5.91 Å². The zero-order valence-electron chi connectivity index (χ0n) is 17.2. The van der Waals surface area contributed by atoms with Crippen molar-refractivity contribution in [2.75, 3.05) is 12.4 Å². The molecule has 0 aliphatic carbocycles. The second kappa shape index (κ2) is 7.80.